The highest BCUT2D eigenvalue weighted by molar-refractivity contribution is 5.84. The summed E-state index contributed by atoms with van der Waals surface area (Å²) in [7, 11) is 0. The van der Waals surface area contributed by atoms with Gasteiger partial charge in [0.15, 0.2) is 0 Å². The maximum absolute atomic E-state index is 11.8. The highest BCUT2D eigenvalue weighted by Crippen LogP contribution is 2.17. The van der Waals surface area contributed by atoms with Crippen LogP contribution >= 0.6 is 0 Å². The van der Waals surface area contributed by atoms with Crippen molar-refractivity contribution in [3.8, 4) is 0 Å². The highest BCUT2D eigenvalue weighted by atomic mass is 16.2. The largest absolute Gasteiger partial charge is 0.352 e. The minimum absolute atomic E-state index is 0.0428. The summed E-state index contributed by atoms with van der Waals surface area (Å²) in [6.07, 6.45) is 9.48. The van der Waals surface area contributed by atoms with Crippen molar-refractivity contribution in [2.24, 2.45) is 5.73 Å². The van der Waals surface area contributed by atoms with E-state index in [-0.39, 0.29) is 36.6 Å². The van der Waals surface area contributed by atoms with Crippen LogP contribution in [0.15, 0.2) is 0 Å². The van der Waals surface area contributed by atoms with Crippen LogP contribution in [0.25, 0.3) is 0 Å². The molecule has 0 aromatic rings. The normalized spacial score (nSPS) is 26.9. The van der Waals surface area contributed by atoms with E-state index in [9.17, 15) is 9.59 Å². The lowest BCUT2D eigenvalue weighted by atomic mass is 9.92. The fourth-order valence-corrected chi connectivity index (χ4v) is 3.19. The summed E-state index contributed by atoms with van der Waals surface area (Å²) in [5.41, 5.74) is 5.84. The second kappa shape index (κ2) is 8.22. The fourth-order valence-electron chi connectivity index (χ4n) is 3.19. The van der Waals surface area contributed by atoms with Crippen LogP contribution in [0.2, 0.25) is 0 Å². The molecule has 0 radical (unpaired) electrons. The van der Waals surface area contributed by atoms with Crippen LogP contribution in [0.5, 0.6) is 0 Å². The minimum atomic E-state index is -0.234. The van der Waals surface area contributed by atoms with Gasteiger partial charge < -0.3 is 21.7 Å². The molecule has 0 heterocycles. The van der Waals surface area contributed by atoms with Crippen molar-refractivity contribution in [1.29, 1.82) is 0 Å². The second-order valence-electron chi connectivity index (χ2n) is 6.34. The zero-order valence-electron chi connectivity index (χ0n) is 12.7. The van der Waals surface area contributed by atoms with Crippen LogP contribution in [-0.4, -0.2) is 36.6 Å². The van der Waals surface area contributed by atoms with Gasteiger partial charge in [-0.3, -0.25) is 4.79 Å². The third-order valence-corrected chi connectivity index (χ3v) is 4.49. The van der Waals surface area contributed by atoms with Gasteiger partial charge in [-0.1, -0.05) is 19.3 Å². The maximum Gasteiger partial charge on any atom is 0.315 e. The van der Waals surface area contributed by atoms with Gasteiger partial charge in [0.2, 0.25) is 5.91 Å². The maximum atomic E-state index is 11.8. The molecule has 3 amide bonds. The SMILES string of the molecule is NC1CCC(NC(=O)CNC(=O)NC2CCCCC2)CC1. The molecule has 0 aromatic heterocycles. The molecule has 120 valence electrons. The van der Waals surface area contributed by atoms with Crippen LogP contribution in [0.1, 0.15) is 57.8 Å². The molecular weight excluding hydrogens is 268 g/mol. The molecule has 0 aromatic carbocycles. The molecule has 0 unspecified atom stereocenters. The van der Waals surface area contributed by atoms with E-state index in [0.29, 0.717) is 0 Å². The molecule has 2 saturated carbocycles. The summed E-state index contributed by atoms with van der Waals surface area (Å²) >= 11 is 0. The molecule has 0 bridgehead atoms. The Balaban J connectivity index is 1.58. The van der Waals surface area contributed by atoms with E-state index in [1.165, 1.54) is 19.3 Å². The average Bonchev–Trinajstić information content (AvgIpc) is 2.49. The summed E-state index contributed by atoms with van der Waals surface area (Å²) in [6, 6.07) is 0.516. The molecule has 2 rings (SSSR count). The van der Waals surface area contributed by atoms with Crippen LogP contribution in [0.3, 0.4) is 0 Å². The molecule has 0 atom stereocenters. The second-order valence-corrected chi connectivity index (χ2v) is 6.34. The van der Waals surface area contributed by atoms with E-state index in [4.69, 9.17) is 5.73 Å². The van der Waals surface area contributed by atoms with Gasteiger partial charge in [-0.15, -0.1) is 0 Å². The Morgan fingerprint density at radius 3 is 2.14 bits per heavy atom. The first-order valence-corrected chi connectivity index (χ1v) is 8.23. The van der Waals surface area contributed by atoms with Gasteiger partial charge >= 0.3 is 6.03 Å². The Hall–Kier alpha value is -1.30. The number of rotatable bonds is 4. The Bertz CT molecular complexity index is 348. The Morgan fingerprint density at radius 1 is 0.857 bits per heavy atom. The van der Waals surface area contributed by atoms with E-state index in [0.717, 1.165) is 38.5 Å². The van der Waals surface area contributed by atoms with E-state index in [2.05, 4.69) is 16.0 Å². The summed E-state index contributed by atoms with van der Waals surface area (Å²) in [5, 5.41) is 8.54. The Labute approximate surface area is 126 Å². The minimum Gasteiger partial charge on any atom is -0.352 e. The van der Waals surface area contributed by atoms with Crippen molar-refractivity contribution in [3.05, 3.63) is 0 Å². The lowest BCUT2D eigenvalue weighted by molar-refractivity contribution is -0.121. The number of carbonyl (C=O) groups is 2. The molecule has 2 aliphatic rings. The molecule has 0 spiro atoms. The van der Waals surface area contributed by atoms with Gasteiger partial charge in [0.05, 0.1) is 6.54 Å². The molecule has 2 fully saturated rings. The van der Waals surface area contributed by atoms with E-state index >= 15 is 0 Å². The standard InChI is InChI=1S/C15H28N4O2/c16-11-6-8-13(9-7-11)18-14(20)10-17-15(21)19-12-4-2-1-3-5-12/h11-13H,1-10,16H2,(H,18,20)(H2,17,19,21). The summed E-state index contributed by atoms with van der Waals surface area (Å²) < 4.78 is 0. The van der Waals surface area contributed by atoms with E-state index < -0.39 is 0 Å². The molecule has 6 heteroatoms. The number of carbonyl (C=O) groups excluding carboxylic acids is 2. The topological polar surface area (TPSA) is 96.2 Å². The van der Waals surface area contributed by atoms with E-state index in [1.807, 2.05) is 0 Å². The molecule has 5 N–H and O–H groups in total. The number of urea groups is 1. The average molecular weight is 296 g/mol. The van der Waals surface area contributed by atoms with Crippen molar-refractivity contribution >= 4 is 11.9 Å². The zero-order valence-corrected chi connectivity index (χ0v) is 12.7. The van der Waals surface area contributed by atoms with Gasteiger partial charge in [0.25, 0.3) is 0 Å². The van der Waals surface area contributed by atoms with Crippen LogP contribution in [-0.2, 0) is 4.79 Å². The van der Waals surface area contributed by atoms with Crippen LogP contribution < -0.4 is 21.7 Å². The zero-order chi connectivity index (χ0) is 15.1. The Kier molecular flexibility index (Phi) is 6.29. The van der Waals surface area contributed by atoms with Gasteiger partial charge in [-0.25, -0.2) is 4.79 Å². The van der Waals surface area contributed by atoms with Gasteiger partial charge in [-0.05, 0) is 38.5 Å². The third kappa shape index (κ3) is 5.91. The number of hydrogen-bond acceptors (Lipinski definition) is 3. The predicted molar refractivity (Wildman–Crippen MR) is 81.8 cm³/mol. The predicted octanol–water partition coefficient (Wildman–Crippen LogP) is 1.00. The number of hydrogen-bond donors (Lipinski definition) is 4. The first-order valence-electron chi connectivity index (χ1n) is 8.23. The first-order chi connectivity index (χ1) is 10.1. The number of nitrogens with two attached hydrogens (primary N) is 1. The summed E-state index contributed by atoms with van der Waals surface area (Å²) in [5.74, 6) is -0.116. The lowest BCUT2D eigenvalue weighted by Gasteiger charge is -2.27. The van der Waals surface area contributed by atoms with Gasteiger partial charge in [0, 0.05) is 18.1 Å². The highest BCUT2D eigenvalue weighted by Gasteiger charge is 2.20. The van der Waals surface area contributed by atoms with Gasteiger partial charge in [-0.2, -0.15) is 0 Å². The molecule has 0 aliphatic heterocycles. The smallest absolute Gasteiger partial charge is 0.315 e. The van der Waals surface area contributed by atoms with Crippen molar-refractivity contribution in [1.82, 2.24) is 16.0 Å². The third-order valence-electron chi connectivity index (χ3n) is 4.49. The summed E-state index contributed by atoms with van der Waals surface area (Å²) in [6.45, 7) is 0.0428. The molecule has 2 aliphatic carbocycles. The summed E-state index contributed by atoms with van der Waals surface area (Å²) in [4.78, 5) is 23.5. The van der Waals surface area contributed by atoms with Crippen LogP contribution in [0.4, 0.5) is 4.79 Å². The number of amides is 3. The quantitative estimate of drug-likeness (QED) is 0.623. The van der Waals surface area contributed by atoms with Crippen molar-refractivity contribution < 1.29 is 9.59 Å². The van der Waals surface area contributed by atoms with Crippen LogP contribution in [0, 0.1) is 0 Å². The monoisotopic (exact) mass is 296 g/mol. The van der Waals surface area contributed by atoms with Crippen molar-refractivity contribution in [2.45, 2.75) is 75.9 Å². The lowest BCUT2D eigenvalue weighted by Crippen LogP contribution is -2.48. The number of nitrogens with one attached hydrogen (secondary N) is 3. The molecule has 21 heavy (non-hydrogen) atoms. The Morgan fingerprint density at radius 2 is 1.48 bits per heavy atom. The van der Waals surface area contributed by atoms with Gasteiger partial charge in [0.1, 0.15) is 0 Å². The first kappa shape index (κ1) is 16.1. The van der Waals surface area contributed by atoms with Crippen molar-refractivity contribution in [3.63, 3.8) is 0 Å². The molecular formula is C15H28N4O2. The van der Waals surface area contributed by atoms with Crippen molar-refractivity contribution in [2.75, 3.05) is 6.54 Å². The molecule has 6 nitrogen and oxygen atoms in total. The van der Waals surface area contributed by atoms with E-state index in [1.54, 1.807) is 0 Å². The molecule has 0 saturated heterocycles. The fraction of sp³-hybridized carbons (Fsp3) is 0.867.